The van der Waals surface area contributed by atoms with Crippen LogP contribution in [0.15, 0.2) is 57.6 Å². The summed E-state index contributed by atoms with van der Waals surface area (Å²) < 4.78 is 38.3. The number of sulfone groups is 1. The predicted octanol–water partition coefficient (Wildman–Crippen LogP) is 5.16. The zero-order valence-electron chi connectivity index (χ0n) is 18.3. The minimum absolute atomic E-state index is 0.0947. The van der Waals surface area contributed by atoms with Gasteiger partial charge in [0.2, 0.25) is 15.7 Å². The lowest BCUT2D eigenvalue weighted by atomic mass is 9.89. The van der Waals surface area contributed by atoms with Crippen LogP contribution in [0.3, 0.4) is 0 Å². The van der Waals surface area contributed by atoms with Crippen LogP contribution in [0.1, 0.15) is 42.2 Å². The summed E-state index contributed by atoms with van der Waals surface area (Å²) in [5, 5.41) is 4.42. The van der Waals surface area contributed by atoms with Gasteiger partial charge in [0.25, 0.3) is 0 Å². The van der Waals surface area contributed by atoms with E-state index in [2.05, 4.69) is 5.32 Å². The number of anilines is 1. The molecule has 1 aliphatic heterocycles. The Bertz CT molecular complexity index is 1260. The van der Waals surface area contributed by atoms with E-state index in [4.69, 9.17) is 9.47 Å². The van der Waals surface area contributed by atoms with Crippen molar-refractivity contribution in [3.8, 4) is 11.5 Å². The number of amides is 1. The van der Waals surface area contributed by atoms with Crippen molar-refractivity contribution < 1.29 is 22.7 Å². The highest BCUT2D eigenvalue weighted by atomic mass is 32.2. The van der Waals surface area contributed by atoms with Crippen LogP contribution >= 0.6 is 11.3 Å². The molecule has 1 amide bonds. The molecule has 1 atom stereocenters. The van der Waals surface area contributed by atoms with Gasteiger partial charge in [0, 0.05) is 28.2 Å². The van der Waals surface area contributed by atoms with Gasteiger partial charge in [-0.1, -0.05) is 29.8 Å². The molecule has 0 fully saturated rings. The van der Waals surface area contributed by atoms with E-state index in [-0.39, 0.29) is 34.1 Å². The number of fused-ring (bicyclic) bond motifs is 1. The standard InChI is InChI=1S/C24H25NO5S2/c1-14(2)30-23-17(6-5-7-19(23)29-4)18-12-21(26)25-22-20(13-31-24(18)22)32(27,28)16-10-8-15(3)9-11-16/h5-11,13-14,18H,12H2,1-4H3,(H,25,26)/t18-/m1/s1. The molecule has 2 heterocycles. The quantitative estimate of drug-likeness (QED) is 0.537. The van der Waals surface area contributed by atoms with Gasteiger partial charge >= 0.3 is 0 Å². The largest absolute Gasteiger partial charge is 0.493 e. The highest BCUT2D eigenvalue weighted by molar-refractivity contribution is 7.91. The summed E-state index contributed by atoms with van der Waals surface area (Å²) >= 11 is 1.33. The molecule has 1 aliphatic rings. The Morgan fingerprint density at radius 1 is 1.12 bits per heavy atom. The third-order valence-corrected chi connectivity index (χ3v) is 8.37. The van der Waals surface area contributed by atoms with Gasteiger partial charge in [0.15, 0.2) is 11.5 Å². The van der Waals surface area contributed by atoms with Crippen LogP contribution in [0, 0.1) is 6.92 Å². The van der Waals surface area contributed by atoms with Crippen LogP contribution in [-0.4, -0.2) is 27.5 Å². The van der Waals surface area contributed by atoms with Gasteiger partial charge in [0.05, 0.1) is 23.8 Å². The molecule has 32 heavy (non-hydrogen) atoms. The average molecular weight is 472 g/mol. The van der Waals surface area contributed by atoms with Crippen molar-refractivity contribution in [1.82, 2.24) is 0 Å². The SMILES string of the molecule is COc1cccc([C@H]2CC(=O)Nc3c(S(=O)(=O)c4ccc(C)cc4)csc32)c1OC(C)C. The smallest absolute Gasteiger partial charge is 0.225 e. The highest BCUT2D eigenvalue weighted by Gasteiger charge is 2.36. The Hall–Kier alpha value is -2.84. The monoisotopic (exact) mass is 471 g/mol. The zero-order chi connectivity index (χ0) is 23.0. The van der Waals surface area contributed by atoms with Crippen molar-refractivity contribution >= 4 is 32.8 Å². The van der Waals surface area contributed by atoms with Gasteiger partial charge in [-0.15, -0.1) is 11.3 Å². The maximum Gasteiger partial charge on any atom is 0.225 e. The molecule has 6 nitrogen and oxygen atoms in total. The van der Waals surface area contributed by atoms with E-state index in [9.17, 15) is 13.2 Å². The number of carbonyl (C=O) groups is 1. The molecule has 168 valence electrons. The van der Waals surface area contributed by atoms with E-state index in [0.29, 0.717) is 17.2 Å². The molecule has 0 unspecified atom stereocenters. The number of nitrogens with one attached hydrogen (secondary N) is 1. The predicted molar refractivity (Wildman–Crippen MR) is 125 cm³/mol. The Morgan fingerprint density at radius 2 is 1.84 bits per heavy atom. The van der Waals surface area contributed by atoms with E-state index < -0.39 is 9.84 Å². The van der Waals surface area contributed by atoms with Gasteiger partial charge in [-0.05, 0) is 39.0 Å². The maximum absolute atomic E-state index is 13.4. The first kappa shape index (κ1) is 22.4. The molecule has 0 saturated carbocycles. The second kappa shape index (κ2) is 8.60. The Kier molecular flexibility index (Phi) is 6.01. The topological polar surface area (TPSA) is 81.7 Å². The van der Waals surface area contributed by atoms with Crippen LogP contribution in [0.25, 0.3) is 0 Å². The van der Waals surface area contributed by atoms with Crippen LogP contribution < -0.4 is 14.8 Å². The van der Waals surface area contributed by atoms with Crippen LogP contribution in [-0.2, 0) is 14.6 Å². The first-order valence-corrected chi connectivity index (χ1v) is 12.6. The molecule has 8 heteroatoms. The Balaban J connectivity index is 1.85. The third-order valence-electron chi connectivity index (χ3n) is 5.34. The third kappa shape index (κ3) is 4.00. The van der Waals surface area contributed by atoms with Gasteiger partial charge in [-0.25, -0.2) is 8.42 Å². The molecule has 0 radical (unpaired) electrons. The van der Waals surface area contributed by atoms with Crippen molar-refractivity contribution in [3.05, 3.63) is 63.8 Å². The fraction of sp³-hybridized carbons (Fsp3) is 0.292. The van der Waals surface area contributed by atoms with Crippen molar-refractivity contribution in [3.63, 3.8) is 0 Å². The van der Waals surface area contributed by atoms with Crippen molar-refractivity contribution in [2.45, 2.75) is 49.0 Å². The maximum atomic E-state index is 13.4. The summed E-state index contributed by atoms with van der Waals surface area (Å²) in [7, 11) is -2.21. The summed E-state index contributed by atoms with van der Waals surface area (Å²) in [6.07, 6.45) is 0.0989. The molecule has 0 aliphatic carbocycles. The van der Waals surface area contributed by atoms with Gasteiger partial charge in [-0.3, -0.25) is 4.79 Å². The Labute approximate surface area is 192 Å². The summed E-state index contributed by atoms with van der Waals surface area (Å²) in [5.41, 5.74) is 2.13. The number of methoxy groups -OCH3 is 1. The number of hydrogen-bond acceptors (Lipinski definition) is 6. The van der Waals surface area contributed by atoms with E-state index in [1.165, 1.54) is 11.3 Å². The number of para-hydroxylation sites is 1. The molecule has 1 aromatic heterocycles. The molecule has 0 spiro atoms. The molecule has 1 N–H and O–H groups in total. The van der Waals surface area contributed by atoms with Gasteiger partial charge in [-0.2, -0.15) is 0 Å². The normalized spacial score (nSPS) is 15.9. The fourth-order valence-corrected chi connectivity index (χ4v) is 6.73. The molecule has 0 saturated heterocycles. The van der Waals surface area contributed by atoms with Crippen molar-refractivity contribution in [1.29, 1.82) is 0 Å². The minimum Gasteiger partial charge on any atom is -0.493 e. The summed E-state index contributed by atoms with van der Waals surface area (Å²) in [6, 6.07) is 12.3. The van der Waals surface area contributed by atoms with Crippen molar-refractivity contribution in [2.75, 3.05) is 12.4 Å². The van der Waals surface area contributed by atoms with Gasteiger partial charge < -0.3 is 14.8 Å². The fourth-order valence-electron chi connectivity index (χ4n) is 3.83. The van der Waals surface area contributed by atoms with Gasteiger partial charge in [0.1, 0.15) is 4.90 Å². The number of hydrogen-bond donors (Lipinski definition) is 1. The second-order valence-corrected chi connectivity index (χ2v) is 10.8. The van der Waals surface area contributed by atoms with E-state index in [1.807, 2.05) is 39.0 Å². The van der Waals surface area contributed by atoms with E-state index in [1.54, 1.807) is 36.8 Å². The lowest BCUT2D eigenvalue weighted by molar-refractivity contribution is -0.116. The number of benzene rings is 2. The molecular formula is C24H25NO5S2. The summed E-state index contributed by atoms with van der Waals surface area (Å²) in [5.74, 6) is 0.578. The van der Waals surface area contributed by atoms with Crippen molar-refractivity contribution in [2.24, 2.45) is 0 Å². The lowest BCUT2D eigenvalue weighted by Crippen LogP contribution is -2.24. The average Bonchev–Trinajstić information content (AvgIpc) is 3.18. The summed E-state index contributed by atoms with van der Waals surface area (Å²) in [6.45, 7) is 5.75. The molecule has 2 aromatic carbocycles. The zero-order valence-corrected chi connectivity index (χ0v) is 20.0. The first-order chi connectivity index (χ1) is 15.2. The lowest BCUT2D eigenvalue weighted by Gasteiger charge is -2.27. The summed E-state index contributed by atoms with van der Waals surface area (Å²) in [4.78, 5) is 13.8. The number of rotatable bonds is 6. The number of aryl methyl sites for hydroxylation is 1. The van der Waals surface area contributed by atoms with Crippen LogP contribution in [0.4, 0.5) is 5.69 Å². The molecule has 0 bridgehead atoms. The first-order valence-electron chi connectivity index (χ1n) is 10.3. The van der Waals surface area contributed by atoms with Crippen LogP contribution in [0.2, 0.25) is 0 Å². The van der Waals surface area contributed by atoms with E-state index >= 15 is 0 Å². The molecule has 4 rings (SSSR count). The van der Waals surface area contributed by atoms with Crippen LogP contribution in [0.5, 0.6) is 11.5 Å². The highest BCUT2D eigenvalue weighted by Crippen LogP contribution is 2.49. The number of ether oxygens (including phenoxy) is 2. The number of thiophene rings is 1. The minimum atomic E-state index is -3.79. The molecular weight excluding hydrogens is 446 g/mol. The number of carbonyl (C=O) groups excluding carboxylic acids is 1. The second-order valence-electron chi connectivity index (χ2n) is 8.01. The Morgan fingerprint density at radius 3 is 2.50 bits per heavy atom. The molecule has 3 aromatic rings. The van der Waals surface area contributed by atoms with E-state index in [0.717, 1.165) is 16.0 Å².